The van der Waals surface area contributed by atoms with Crippen molar-refractivity contribution in [2.75, 3.05) is 0 Å². The fourth-order valence-electron chi connectivity index (χ4n) is 2.75. The molecule has 102 valence electrons. The zero-order valence-corrected chi connectivity index (χ0v) is 11.2. The molecule has 0 radical (unpaired) electrons. The number of allylic oxidation sites excluding steroid dienone is 1. The number of hydrogen-bond acceptors (Lipinski definition) is 2. The second kappa shape index (κ2) is 4.96. The molecule has 4 heteroatoms. The van der Waals surface area contributed by atoms with Crippen molar-refractivity contribution in [1.82, 2.24) is 9.78 Å². The average Bonchev–Trinajstić information content (AvgIpc) is 3.04. The molecule has 0 amide bonds. The van der Waals surface area contributed by atoms with E-state index >= 15 is 0 Å². The van der Waals surface area contributed by atoms with Crippen LogP contribution in [0.4, 0.5) is 0 Å². The van der Waals surface area contributed by atoms with Gasteiger partial charge >= 0.3 is 5.97 Å². The Bertz CT molecular complexity index is 686. The molecule has 1 N–H and O–H groups in total. The Balaban J connectivity index is 2.08. The number of benzene rings is 1. The van der Waals surface area contributed by atoms with Gasteiger partial charge in [-0.15, -0.1) is 6.58 Å². The largest absolute Gasteiger partial charge is 0.476 e. The molecule has 0 fully saturated rings. The molecule has 0 saturated heterocycles. The van der Waals surface area contributed by atoms with Crippen LogP contribution in [0.25, 0.3) is 11.3 Å². The average molecular weight is 268 g/mol. The lowest BCUT2D eigenvalue weighted by atomic mass is 10.0. The number of aryl methyl sites for hydroxylation is 2. The van der Waals surface area contributed by atoms with Gasteiger partial charge in [-0.2, -0.15) is 5.10 Å². The van der Waals surface area contributed by atoms with Crippen LogP contribution in [-0.4, -0.2) is 20.9 Å². The van der Waals surface area contributed by atoms with E-state index < -0.39 is 5.97 Å². The molecule has 20 heavy (non-hydrogen) atoms. The van der Waals surface area contributed by atoms with Crippen molar-refractivity contribution >= 4 is 5.97 Å². The number of aromatic carboxylic acids is 1. The maximum Gasteiger partial charge on any atom is 0.356 e. The Morgan fingerprint density at radius 3 is 2.90 bits per heavy atom. The minimum absolute atomic E-state index is 0.0716. The second-order valence-corrected chi connectivity index (χ2v) is 5.03. The molecule has 0 atom stereocenters. The van der Waals surface area contributed by atoms with Crippen LogP contribution in [0, 0.1) is 0 Å². The molecule has 0 unspecified atom stereocenters. The molecule has 2 aromatic rings. The van der Waals surface area contributed by atoms with Gasteiger partial charge in [0.1, 0.15) is 0 Å². The molecule has 1 aromatic carbocycles. The van der Waals surface area contributed by atoms with Crippen molar-refractivity contribution in [3.05, 3.63) is 53.7 Å². The zero-order chi connectivity index (χ0) is 14.1. The molecule has 1 heterocycles. The zero-order valence-electron chi connectivity index (χ0n) is 11.2. The molecule has 1 aliphatic carbocycles. The molecule has 3 rings (SSSR count). The molecule has 1 aromatic heterocycles. The summed E-state index contributed by atoms with van der Waals surface area (Å²) in [5, 5.41) is 13.2. The maximum atomic E-state index is 11.1. The summed E-state index contributed by atoms with van der Waals surface area (Å²) in [4.78, 5) is 11.1. The molecule has 0 aliphatic heterocycles. The lowest BCUT2D eigenvalue weighted by Gasteiger charge is -2.07. The van der Waals surface area contributed by atoms with Gasteiger partial charge in [0.2, 0.25) is 0 Å². The highest BCUT2D eigenvalue weighted by molar-refractivity contribution is 5.87. The van der Waals surface area contributed by atoms with Crippen molar-refractivity contribution in [1.29, 1.82) is 0 Å². The van der Waals surface area contributed by atoms with Crippen molar-refractivity contribution in [2.24, 2.45) is 0 Å². The number of nitrogens with zero attached hydrogens (tertiary/aromatic N) is 2. The van der Waals surface area contributed by atoms with E-state index in [0.29, 0.717) is 6.54 Å². The van der Waals surface area contributed by atoms with Gasteiger partial charge < -0.3 is 5.11 Å². The fraction of sp³-hybridized carbons (Fsp3) is 0.250. The Morgan fingerprint density at radius 1 is 1.35 bits per heavy atom. The summed E-state index contributed by atoms with van der Waals surface area (Å²) in [7, 11) is 0. The summed E-state index contributed by atoms with van der Waals surface area (Å²) in [5.41, 5.74) is 4.69. The molecule has 4 nitrogen and oxygen atoms in total. The summed E-state index contributed by atoms with van der Waals surface area (Å²) >= 11 is 0. The van der Waals surface area contributed by atoms with Crippen LogP contribution in [0.2, 0.25) is 0 Å². The van der Waals surface area contributed by atoms with E-state index in [9.17, 15) is 4.79 Å². The topological polar surface area (TPSA) is 55.1 Å². The van der Waals surface area contributed by atoms with Gasteiger partial charge in [-0.05, 0) is 42.5 Å². The summed E-state index contributed by atoms with van der Waals surface area (Å²) in [6.45, 7) is 4.19. The molecule has 1 aliphatic rings. The number of carboxylic acids is 1. The number of carboxylic acid groups (broad SMARTS) is 1. The first-order valence-corrected chi connectivity index (χ1v) is 6.73. The van der Waals surface area contributed by atoms with E-state index in [1.807, 2.05) is 6.07 Å². The van der Waals surface area contributed by atoms with E-state index in [0.717, 1.165) is 24.1 Å². The minimum Gasteiger partial charge on any atom is -0.476 e. The second-order valence-electron chi connectivity index (χ2n) is 5.03. The van der Waals surface area contributed by atoms with Crippen molar-refractivity contribution in [3.63, 3.8) is 0 Å². The third-order valence-corrected chi connectivity index (χ3v) is 3.70. The van der Waals surface area contributed by atoms with Crippen LogP contribution in [-0.2, 0) is 19.4 Å². The van der Waals surface area contributed by atoms with Crippen LogP contribution >= 0.6 is 0 Å². The molecular weight excluding hydrogens is 252 g/mol. The number of fused-ring (bicyclic) bond motifs is 1. The predicted molar refractivity (Wildman–Crippen MR) is 76.8 cm³/mol. The monoisotopic (exact) mass is 268 g/mol. The number of hydrogen-bond donors (Lipinski definition) is 1. The fourth-order valence-corrected chi connectivity index (χ4v) is 2.75. The lowest BCUT2D eigenvalue weighted by Crippen LogP contribution is -2.03. The smallest absolute Gasteiger partial charge is 0.356 e. The summed E-state index contributed by atoms with van der Waals surface area (Å²) in [6.07, 6.45) is 5.16. The van der Waals surface area contributed by atoms with E-state index in [1.165, 1.54) is 17.5 Å². The van der Waals surface area contributed by atoms with Gasteiger partial charge in [0, 0.05) is 5.56 Å². The maximum absolute atomic E-state index is 11.1. The van der Waals surface area contributed by atoms with Crippen LogP contribution in [0.3, 0.4) is 0 Å². The first-order valence-electron chi connectivity index (χ1n) is 6.73. The first-order chi connectivity index (χ1) is 9.69. The number of rotatable bonds is 4. The Kier molecular flexibility index (Phi) is 3.14. The van der Waals surface area contributed by atoms with Crippen molar-refractivity contribution in [3.8, 4) is 11.3 Å². The Labute approximate surface area is 117 Å². The van der Waals surface area contributed by atoms with Crippen molar-refractivity contribution < 1.29 is 9.90 Å². The van der Waals surface area contributed by atoms with Crippen LogP contribution in [0.1, 0.15) is 28.0 Å². The van der Waals surface area contributed by atoms with Gasteiger partial charge in [0.25, 0.3) is 0 Å². The highest BCUT2D eigenvalue weighted by Crippen LogP contribution is 2.28. The minimum atomic E-state index is -1.00. The van der Waals surface area contributed by atoms with Crippen LogP contribution < -0.4 is 0 Å². The van der Waals surface area contributed by atoms with Crippen LogP contribution in [0.5, 0.6) is 0 Å². The van der Waals surface area contributed by atoms with Gasteiger partial charge in [0.05, 0.1) is 12.2 Å². The van der Waals surface area contributed by atoms with E-state index in [4.69, 9.17) is 5.11 Å². The normalized spacial score (nSPS) is 13.2. The Morgan fingerprint density at radius 2 is 2.15 bits per heavy atom. The summed E-state index contributed by atoms with van der Waals surface area (Å²) in [6, 6.07) is 7.98. The van der Waals surface area contributed by atoms with Gasteiger partial charge in [-0.1, -0.05) is 18.2 Å². The Hall–Kier alpha value is -2.36. The third kappa shape index (κ3) is 2.13. The molecular formula is C16H16N2O2. The van der Waals surface area contributed by atoms with Gasteiger partial charge in [-0.25, -0.2) is 4.79 Å². The first kappa shape index (κ1) is 12.7. The molecule has 0 bridgehead atoms. The standard InChI is InChI=1S/C16H16N2O2/c1-2-8-18-15(10-14(17-18)16(19)20)13-7-6-11-4-3-5-12(11)9-13/h2,6-7,9-10H,1,3-5,8H2,(H,19,20). The van der Waals surface area contributed by atoms with Gasteiger partial charge in [0.15, 0.2) is 5.69 Å². The van der Waals surface area contributed by atoms with E-state index in [-0.39, 0.29) is 5.69 Å². The highest BCUT2D eigenvalue weighted by Gasteiger charge is 2.16. The quantitative estimate of drug-likeness (QED) is 0.867. The molecule has 0 saturated carbocycles. The van der Waals surface area contributed by atoms with E-state index in [1.54, 1.807) is 16.8 Å². The predicted octanol–water partition coefficient (Wildman–Crippen LogP) is 2.92. The third-order valence-electron chi connectivity index (χ3n) is 3.70. The lowest BCUT2D eigenvalue weighted by molar-refractivity contribution is 0.0689. The number of aromatic nitrogens is 2. The molecule has 0 spiro atoms. The highest BCUT2D eigenvalue weighted by atomic mass is 16.4. The van der Waals surface area contributed by atoms with E-state index in [2.05, 4.69) is 23.8 Å². The summed E-state index contributed by atoms with van der Waals surface area (Å²) in [5.74, 6) is -1.00. The summed E-state index contributed by atoms with van der Waals surface area (Å²) < 4.78 is 1.69. The SMILES string of the molecule is C=CCn1nc(C(=O)O)cc1-c1ccc2c(c1)CCC2. The van der Waals surface area contributed by atoms with Crippen LogP contribution in [0.15, 0.2) is 36.9 Å². The van der Waals surface area contributed by atoms with Gasteiger partial charge in [-0.3, -0.25) is 4.68 Å². The van der Waals surface area contributed by atoms with Crippen molar-refractivity contribution in [2.45, 2.75) is 25.8 Å². The number of carbonyl (C=O) groups is 1.